The van der Waals surface area contributed by atoms with E-state index < -0.39 is 0 Å². The Labute approximate surface area is 144 Å². The first-order chi connectivity index (χ1) is 10.4. The van der Waals surface area contributed by atoms with Crippen LogP contribution in [0, 0.1) is 0 Å². The fourth-order valence-electron chi connectivity index (χ4n) is 2.20. The fourth-order valence-corrected chi connectivity index (χ4v) is 2.82. The first-order valence-electron chi connectivity index (χ1n) is 6.52. The summed E-state index contributed by atoms with van der Waals surface area (Å²) >= 11 is 18.2. The Balaban J connectivity index is 2.70. The Hall–Kier alpha value is -1.48. The lowest BCUT2D eigenvalue weighted by molar-refractivity contribution is -0.103. The van der Waals surface area contributed by atoms with Crippen LogP contribution < -0.4 is 0 Å². The molecule has 0 aliphatic carbocycles. The maximum absolute atomic E-state index is 11.7. The third kappa shape index (κ3) is 3.64. The average molecular weight is 355 g/mol. The van der Waals surface area contributed by atoms with Crippen LogP contribution >= 0.6 is 34.8 Å². The van der Waals surface area contributed by atoms with Gasteiger partial charge in [-0.3, -0.25) is 4.79 Å². The largest absolute Gasteiger partial charge is 0.377 e. The molecule has 0 radical (unpaired) electrons. The number of carbonyl (C=O) groups excluding carboxylic acids is 1. The van der Waals surface area contributed by atoms with Gasteiger partial charge in [0.05, 0.1) is 10.7 Å². The number of hydrogen-bond donors (Lipinski definition) is 0. The highest BCUT2D eigenvalue weighted by molar-refractivity contribution is 6.36. The van der Waals surface area contributed by atoms with Crippen LogP contribution in [0.25, 0.3) is 11.3 Å². The van der Waals surface area contributed by atoms with Crippen LogP contribution in [0.2, 0.25) is 15.1 Å². The average Bonchev–Trinajstić information content (AvgIpc) is 2.47. The molecule has 2 nitrogen and oxygen atoms in total. The summed E-state index contributed by atoms with van der Waals surface area (Å²) in [6.07, 6.45) is 0.823. The van der Waals surface area contributed by atoms with Gasteiger partial charge in [-0.05, 0) is 35.9 Å². The highest BCUT2D eigenvalue weighted by Gasteiger charge is 2.16. The van der Waals surface area contributed by atoms with Gasteiger partial charge in [0.25, 0.3) is 0 Å². The quantitative estimate of drug-likeness (QED) is 0.423. The number of allylic oxidation sites excluding steroid dienone is 1. The minimum absolute atomic E-state index is 0.490. The van der Waals surface area contributed by atoms with Crippen molar-refractivity contribution in [2.45, 2.75) is 0 Å². The highest BCUT2D eigenvalue weighted by Crippen LogP contribution is 2.33. The summed E-state index contributed by atoms with van der Waals surface area (Å²) in [7, 11) is 3.72. The smallest absolute Gasteiger partial charge is 0.152 e. The number of halogens is 3. The van der Waals surface area contributed by atoms with Crippen LogP contribution in [0.15, 0.2) is 42.5 Å². The number of rotatable bonds is 4. The van der Waals surface area contributed by atoms with E-state index in [1.165, 1.54) is 0 Å². The molecule has 0 spiro atoms. The number of hydrogen-bond acceptors (Lipinski definition) is 2. The van der Waals surface area contributed by atoms with Gasteiger partial charge in [0.2, 0.25) is 0 Å². The summed E-state index contributed by atoms with van der Waals surface area (Å²) in [6, 6.07) is 12.3. The van der Waals surface area contributed by atoms with Crippen molar-refractivity contribution in [2.75, 3.05) is 14.1 Å². The fraction of sp³-hybridized carbons (Fsp3) is 0.118. The Kier molecular flexibility index (Phi) is 5.52. The van der Waals surface area contributed by atoms with Gasteiger partial charge >= 0.3 is 0 Å². The Morgan fingerprint density at radius 1 is 0.955 bits per heavy atom. The van der Waals surface area contributed by atoms with E-state index in [1.54, 1.807) is 42.5 Å². The first-order valence-corrected chi connectivity index (χ1v) is 7.65. The Bertz CT molecular complexity index is 721. The predicted molar refractivity (Wildman–Crippen MR) is 94.5 cm³/mol. The molecule has 0 unspecified atom stereocenters. The van der Waals surface area contributed by atoms with Crippen LogP contribution in [0.3, 0.4) is 0 Å². The van der Waals surface area contributed by atoms with Crippen molar-refractivity contribution in [1.82, 2.24) is 4.90 Å². The maximum atomic E-state index is 11.7. The second-order valence-corrected chi connectivity index (χ2v) is 6.19. The zero-order valence-corrected chi connectivity index (χ0v) is 14.4. The summed E-state index contributed by atoms with van der Waals surface area (Å²) in [5.74, 6) is 0. The van der Waals surface area contributed by atoms with Gasteiger partial charge < -0.3 is 4.90 Å². The zero-order valence-electron chi connectivity index (χ0n) is 12.1. The molecule has 0 heterocycles. The van der Waals surface area contributed by atoms with E-state index in [0.29, 0.717) is 20.6 Å². The third-order valence-electron chi connectivity index (χ3n) is 3.16. The monoisotopic (exact) mass is 353 g/mol. The van der Waals surface area contributed by atoms with Crippen molar-refractivity contribution in [2.24, 2.45) is 0 Å². The van der Waals surface area contributed by atoms with Gasteiger partial charge in [-0.15, -0.1) is 0 Å². The number of carbonyl (C=O) groups is 1. The van der Waals surface area contributed by atoms with Crippen LogP contribution in [0.5, 0.6) is 0 Å². The van der Waals surface area contributed by atoms with Gasteiger partial charge in [0, 0.05) is 35.3 Å². The van der Waals surface area contributed by atoms with Crippen molar-refractivity contribution in [3.05, 3.63) is 68.7 Å². The molecule has 0 aliphatic rings. The molecule has 114 valence electrons. The molecule has 0 bridgehead atoms. The summed E-state index contributed by atoms with van der Waals surface area (Å²) in [6.45, 7) is 0. The maximum Gasteiger partial charge on any atom is 0.152 e. The van der Waals surface area contributed by atoms with Crippen molar-refractivity contribution < 1.29 is 4.79 Å². The SMILES string of the molecule is CN(C)C(=C(C=O)c1ccc(Cl)cc1)c1ccc(Cl)cc1Cl. The molecule has 0 atom stereocenters. The van der Waals surface area contributed by atoms with Gasteiger partial charge in [0.15, 0.2) is 6.29 Å². The molecular weight excluding hydrogens is 341 g/mol. The Morgan fingerprint density at radius 2 is 1.55 bits per heavy atom. The molecule has 2 aromatic carbocycles. The van der Waals surface area contributed by atoms with Crippen LogP contribution in [0.4, 0.5) is 0 Å². The molecule has 0 aromatic heterocycles. The van der Waals surface area contributed by atoms with Crippen molar-refractivity contribution in [1.29, 1.82) is 0 Å². The lowest BCUT2D eigenvalue weighted by atomic mass is 9.99. The van der Waals surface area contributed by atoms with Gasteiger partial charge in [-0.25, -0.2) is 0 Å². The van der Waals surface area contributed by atoms with Gasteiger partial charge in [-0.1, -0.05) is 46.9 Å². The summed E-state index contributed by atoms with van der Waals surface area (Å²) in [5, 5.41) is 1.65. The predicted octanol–water partition coefficient (Wildman–Crippen LogP) is 5.28. The first kappa shape index (κ1) is 16.9. The molecule has 0 saturated heterocycles. The molecule has 0 amide bonds. The van der Waals surface area contributed by atoms with Gasteiger partial charge in [0.1, 0.15) is 0 Å². The highest BCUT2D eigenvalue weighted by atomic mass is 35.5. The molecule has 0 aliphatic heterocycles. The van der Waals surface area contributed by atoms with Crippen LogP contribution in [0.1, 0.15) is 11.1 Å². The summed E-state index contributed by atoms with van der Waals surface area (Å²) in [4.78, 5) is 13.6. The lowest BCUT2D eigenvalue weighted by Crippen LogP contribution is -2.13. The third-order valence-corrected chi connectivity index (χ3v) is 3.96. The molecule has 0 saturated carbocycles. The standard InChI is InChI=1S/C17H14Cl3NO/c1-21(2)17(14-8-7-13(19)9-16(14)20)15(10-22)11-3-5-12(18)6-4-11/h3-10H,1-2H3. The Morgan fingerprint density at radius 3 is 2.05 bits per heavy atom. The molecule has 0 N–H and O–H groups in total. The molecule has 5 heteroatoms. The van der Waals surface area contributed by atoms with E-state index >= 15 is 0 Å². The molecular formula is C17H14Cl3NO. The second-order valence-electron chi connectivity index (χ2n) is 4.91. The minimum Gasteiger partial charge on any atom is -0.377 e. The summed E-state index contributed by atoms with van der Waals surface area (Å²) < 4.78 is 0. The van der Waals surface area contributed by atoms with Crippen molar-refractivity contribution >= 4 is 52.4 Å². The summed E-state index contributed by atoms with van der Waals surface area (Å²) in [5.41, 5.74) is 2.77. The van der Waals surface area contributed by atoms with E-state index in [2.05, 4.69) is 0 Å². The van der Waals surface area contributed by atoms with Crippen LogP contribution in [-0.2, 0) is 4.79 Å². The molecule has 22 heavy (non-hydrogen) atoms. The molecule has 2 rings (SSSR count). The van der Waals surface area contributed by atoms with E-state index in [0.717, 1.165) is 23.1 Å². The number of aldehydes is 1. The minimum atomic E-state index is 0.490. The van der Waals surface area contributed by atoms with Crippen LogP contribution in [-0.4, -0.2) is 25.3 Å². The number of nitrogens with zero attached hydrogens (tertiary/aromatic N) is 1. The van der Waals surface area contributed by atoms with E-state index in [9.17, 15) is 4.79 Å². The lowest BCUT2D eigenvalue weighted by Gasteiger charge is -2.21. The van der Waals surface area contributed by atoms with Crippen molar-refractivity contribution in [3.63, 3.8) is 0 Å². The number of benzene rings is 2. The molecule has 2 aromatic rings. The van der Waals surface area contributed by atoms with Crippen molar-refractivity contribution in [3.8, 4) is 0 Å². The zero-order chi connectivity index (χ0) is 16.3. The van der Waals surface area contributed by atoms with E-state index in [4.69, 9.17) is 34.8 Å². The molecule has 0 fully saturated rings. The topological polar surface area (TPSA) is 20.3 Å². The second kappa shape index (κ2) is 7.19. The van der Waals surface area contributed by atoms with E-state index in [-0.39, 0.29) is 0 Å². The normalized spacial score (nSPS) is 11.9. The van der Waals surface area contributed by atoms with Gasteiger partial charge in [-0.2, -0.15) is 0 Å². The van der Waals surface area contributed by atoms with E-state index in [1.807, 2.05) is 19.0 Å².